The van der Waals surface area contributed by atoms with Crippen molar-refractivity contribution >= 4 is 22.7 Å². The average Bonchev–Trinajstić information content (AvgIpc) is 2.69. The summed E-state index contributed by atoms with van der Waals surface area (Å²) in [6.45, 7) is 9.42. The second-order valence-corrected chi connectivity index (χ2v) is 9.41. The van der Waals surface area contributed by atoms with Crippen molar-refractivity contribution in [2.24, 2.45) is 11.8 Å². The number of pyridine rings is 1. The Labute approximate surface area is 166 Å². The molecule has 5 rings (SSSR count). The van der Waals surface area contributed by atoms with E-state index in [1.165, 1.54) is 36.2 Å². The van der Waals surface area contributed by atoms with E-state index in [1.807, 2.05) is 4.57 Å². The number of rotatable bonds is 6. The van der Waals surface area contributed by atoms with Gasteiger partial charge in [-0.05, 0) is 67.6 Å². The minimum Gasteiger partial charge on any atom is -0.308 e. The summed E-state index contributed by atoms with van der Waals surface area (Å²) in [4.78, 5) is 17.0. The Morgan fingerprint density at radius 1 is 1.22 bits per heavy atom. The molecule has 3 aliphatic rings. The van der Waals surface area contributed by atoms with E-state index in [1.54, 1.807) is 11.8 Å². The van der Waals surface area contributed by atoms with Crippen LogP contribution in [0.25, 0.3) is 10.9 Å². The summed E-state index contributed by atoms with van der Waals surface area (Å²) >= 11 is 1.72. The van der Waals surface area contributed by atoms with Gasteiger partial charge in [-0.2, -0.15) is 0 Å². The van der Waals surface area contributed by atoms with Crippen LogP contribution in [0.15, 0.2) is 34.0 Å². The van der Waals surface area contributed by atoms with Crippen molar-refractivity contribution in [2.75, 3.05) is 25.9 Å². The minimum absolute atomic E-state index is 0.170. The quantitative estimate of drug-likeness (QED) is 0.772. The molecule has 2 bridgehead atoms. The van der Waals surface area contributed by atoms with Gasteiger partial charge < -0.3 is 14.8 Å². The van der Waals surface area contributed by atoms with Gasteiger partial charge in [-0.15, -0.1) is 11.8 Å². The van der Waals surface area contributed by atoms with Gasteiger partial charge in [0.25, 0.3) is 5.56 Å². The molecule has 3 saturated heterocycles. The Kier molecular flexibility index (Phi) is 5.62. The molecule has 3 fully saturated rings. The molecular weight excluding hydrogens is 354 g/mol. The standard InChI is InChI=1S/C22H31N3OS/c1-15(2)13-25-21-11-19(27-3)5-4-17(21)10-18(22(25)26)12-23-20-14-24-8-6-16(20)7-9-24/h4-5,10-11,15-16,20,23H,6-9,12-14H2,1-3H3. The normalized spacial score (nSPS) is 24.8. The third kappa shape index (κ3) is 3.96. The second kappa shape index (κ2) is 7.98. The molecule has 2 aromatic rings. The van der Waals surface area contributed by atoms with E-state index in [0.717, 1.165) is 30.1 Å². The lowest BCUT2D eigenvalue weighted by Crippen LogP contribution is -2.56. The van der Waals surface area contributed by atoms with Gasteiger partial charge in [-0.25, -0.2) is 0 Å². The van der Waals surface area contributed by atoms with Gasteiger partial charge in [0.2, 0.25) is 0 Å². The number of benzene rings is 1. The summed E-state index contributed by atoms with van der Waals surface area (Å²) in [6.07, 6.45) is 4.67. The van der Waals surface area contributed by atoms with Crippen molar-refractivity contribution in [3.8, 4) is 0 Å². The minimum atomic E-state index is 0.170. The van der Waals surface area contributed by atoms with E-state index in [0.29, 0.717) is 18.5 Å². The van der Waals surface area contributed by atoms with Crippen LogP contribution in [0, 0.1) is 11.8 Å². The lowest BCUT2D eigenvalue weighted by Gasteiger charge is -2.45. The highest BCUT2D eigenvalue weighted by Crippen LogP contribution is 2.28. The zero-order chi connectivity index (χ0) is 19.0. The molecule has 146 valence electrons. The smallest absolute Gasteiger partial charge is 0.255 e. The molecule has 0 spiro atoms. The van der Waals surface area contributed by atoms with E-state index >= 15 is 0 Å². The van der Waals surface area contributed by atoms with Crippen LogP contribution in [0.2, 0.25) is 0 Å². The molecule has 1 N–H and O–H groups in total. The van der Waals surface area contributed by atoms with Crippen LogP contribution in [0.3, 0.4) is 0 Å². The number of fused-ring (bicyclic) bond motifs is 4. The molecule has 1 unspecified atom stereocenters. The molecule has 0 radical (unpaired) electrons. The van der Waals surface area contributed by atoms with Crippen molar-refractivity contribution in [3.05, 3.63) is 40.2 Å². The molecule has 0 amide bonds. The summed E-state index contributed by atoms with van der Waals surface area (Å²) in [5.41, 5.74) is 2.13. The molecule has 5 heteroatoms. The monoisotopic (exact) mass is 385 g/mol. The topological polar surface area (TPSA) is 37.3 Å². The third-order valence-electron chi connectivity index (χ3n) is 6.14. The first-order chi connectivity index (χ1) is 13.0. The zero-order valence-electron chi connectivity index (χ0n) is 16.7. The van der Waals surface area contributed by atoms with E-state index in [4.69, 9.17) is 0 Å². The predicted molar refractivity (Wildman–Crippen MR) is 115 cm³/mol. The fourth-order valence-electron chi connectivity index (χ4n) is 4.65. The maximum absolute atomic E-state index is 13.3. The summed E-state index contributed by atoms with van der Waals surface area (Å²) in [5, 5.41) is 4.88. The SMILES string of the molecule is CSc1ccc2cc(CNC3CN4CCC3CC4)c(=O)n(CC(C)C)c2c1. The molecule has 27 heavy (non-hydrogen) atoms. The Balaban J connectivity index is 1.64. The van der Waals surface area contributed by atoms with Crippen LogP contribution in [0.1, 0.15) is 32.3 Å². The second-order valence-electron chi connectivity index (χ2n) is 8.53. The fourth-order valence-corrected chi connectivity index (χ4v) is 5.08. The Morgan fingerprint density at radius 3 is 2.63 bits per heavy atom. The van der Waals surface area contributed by atoms with Crippen molar-refractivity contribution in [2.45, 2.75) is 50.7 Å². The summed E-state index contributed by atoms with van der Waals surface area (Å²) in [7, 11) is 0. The summed E-state index contributed by atoms with van der Waals surface area (Å²) < 4.78 is 1.99. The first kappa shape index (κ1) is 19.0. The highest BCUT2D eigenvalue weighted by molar-refractivity contribution is 7.98. The molecular formula is C22H31N3OS. The van der Waals surface area contributed by atoms with Crippen LogP contribution in [-0.4, -0.2) is 41.4 Å². The van der Waals surface area contributed by atoms with Gasteiger partial charge in [0, 0.05) is 36.1 Å². The Hall–Kier alpha value is -1.30. The Bertz CT molecular complexity index is 868. The average molecular weight is 386 g/mol. The molecule has 1 aromatic carbocycles. The van der Waals surface area contributed by atoms with Crippen LogP contribution in [0.4, 0.5) is 0 Å². The predicted octanol–water partition coefficient (Wildman–Crippen LogP) is 3.56. The van der Waals surface area contributed by atoms with E-state index in [9.17, 15) is 4.79 Å². The van der Waals surface area contributed by atoms with E-state index < -0.39 is 0 Å². The van der Waals surface area contributed by atoms with Crippen LogP contribution < -0.4 is 10.9 Å². The largest absolute Gasteiger partial charge is 0.308 e. The number of hydrogen-bond acceptors (Lipinski definition) is 4. The van der Waals surface area contributed by atoms with Gasteiger partial charge in [0.15, 0.2) is 0 Å². The van der Waals surface area contributed by atoms with Crippen LogP contribution >= 0.6 is 11.8 Å². The number of aromatic nitrogens is 1. The molecule has 4 nitrogen and oxygen atoms in total. The van der Waals surface area contributed by atoms with Gasteiger partial charge in [0.1, 0.15) is 0 Å². The first-order valence-corrected chi connectivity index (χ1v) is 11.4. The first-order valence-electron chi connectivity index (χ1n) is 10.2. The van der Waals surface area contributed by atoms with Crippen molar-refractivity contribution < 1.29 is 0 Å². The highest BCUT2D eigenvalue weighted by Gasteiger charge is 2.33. The highest BCUT2D eigenvalue weighted by atomic mass is 32.2. The van der Waals surface area contributed by atoms with Gasteiger partial charge in [0.05, 0.1) is 5.52 Å². The van der Waals surface area contributed by atoms with Gasteiger partial charge >= 0.3 is 0 Å². The number of piperidine rings is 3. The number of hydrogen-bond donors (Lipinski definition) is 1. The van der Waals surface area contributed by atoms with E-state index in [-0.39, 0.29) is 5.56 Å². The number of nitrogens with one attached hydrogen (secondary N) is 1. The lowest BCUT2D eigenvalue weighted by molar-refractivity contribution is 0.0719. The fraction of sp³-hybridized carbons (Fsp3) is 0.591. The Morgan fingerprint density at radius 2 is 2.00 bits per heavy atom. The number of nitrogens with zero attached hydrogens (tertiary/aromatic N) is 2. The van der Waals surface area contributed by atoms with Crippen molar-refractivity contribution in [1.29, 1.82) is 0 Å². The molecule has 0 saturated carbocycles. The molecule has 1 aromatic heterocycles. The zero-order valence-corrected chi connectivity index (χ0v) is 17.5. The van der Waals surface area contributed by atoms with Gasteiger partial charge in [-0.3, -0.25) is 4.79 Å². The lowest BCUT2D eigenvalue weighted by atomic mass is 9.84. The molecule has 4 heterocycles. The summed E-state index contributed by atoms with van der Waals surface area (Å²) in [5.74, 6) is 1.21. The maximum Gasteiger partial charge on any atom is 0.255 e. The van der Waals surface area contributed by atoms with Crippen LogP contribution in [-0.2, 0) is 13.1 Å². The molecule has 0 aliphatic carbocycles. The molecule has 3 aliphatic heterocycles. The number of thioether (sulfide) groups is 1. The van der Waals surface area contributed by atoms with Crippen LogP contribution in [0.5, 0.6) is 0 Å². The van der Waals surface area contributed by atoms with Gasteiger partial charge in [-0.1, -0.05) is 19.9 Å². The third-order valence-corrected chi connectivity index (χ3v) is 6.86. The van der Waals surface area contributed by atoms with E-state index in [2.05, 4.69) is 54.6 Å². The van der Waals surface area contributed by atoms with Crippen molar-refractivity contribution in [3.63, 3.8) is 0 Å². The van der Waals surface area contributed by atoms with Crippen molar-refractivity contribution in [1.82, 2.24) is 14.8 Å². The maximum atomic E-state index is 13.3. The molecule has 1 atom stereocenters. The summed E-state index contributed by atoms with van der Waals surface area (Å²) in [6, 6.07) is 9.11.